The first-order chi connectivity index (χ1) is 8.60. The summed E-state index contributed by atoms with van der Waals surface area (Å²) >= 11 is 5.54. The van der Waals surface area contributed by atoms with Gasteiger partial charge in [-0.25, -0.2) is 0 Å². The lowest BCUT2D eigenvalue weighted by Crippen LogP contribution is -2.31. The molecule has 2 rings (SSSR count). The van der Waals surface area contributed by atoms with E-state index in [-0.39, 0.29) is 11.0 Å². The first-order valence-electron chi connectivity index (χ1n) is 6.82. The first kappa shape index (κ1) is 14.3. The summed E-state index contributed by atoms with van der Waals surface area (Å²) in [6, 6.07) is 6.45. The number of rotatable bonds is 2. The van der Waals surface area contributed by atoms with Crippen LogP contribution in [0, 0.1) is 17.1 Å². The minimum Gasteiger partial charge on any atom is -0.331 e. The molecule has 0 bridgehead atoms. The van der Waals surface area contributed by atoms with E-state index in [0.29, 0.717) is 0 Å². The van der Waals surface area contributed by atoms with Crippen molar-refractivity contribution in [1.82, 2.24) is 9.55 Å². The molecule has 2 aromatic rings. The zero-order valence-electron chi connectivity index (χ0n) is 12.8. The van der Waals surface area contributed by atoms with Gasteiger partial charge in [-0.15, -0.1) is 0 Å². The van der Waals surface area contributed by atoms with E-state index in [0.717, 1.165) is 16.7 Å². The molecule has 0 aliphatic rings. The molecule has 1 aromatic heterocycles. The van der Waals surface area contributed by atoms with Gasteiger partial charge in [0.15, 0.2) is 4.77 Å². The van der Waals surface area contributed by atoms with E-state index in [1.165, 1.54) is 11.1 Å². The largest absolute Gasteiger partial charge is 0.331 e. The van der Waals surface area contributed by atoms with Crippen LogP contribution in [0.5, 0.6) is 0 Å². The van der Waals surface area contributed by atoms with Crippen molar-refractivity contribution in [2.75, 3.05) is 0 Å². The van der Waals surface area contributed by atoms with E-state index in [9.17, 15) is 0 Å². The molecule has 0 atom stereocenters. The number of imidazole rings is 1. The van der Waals surface area contributed by atoms with Crippen LogP contribution in [0.25, 0.3) is 11.0 Å². The second-order valence-corrected chi connectivity index (χ2v) is 7.72. The number of H-pyrrole nitrogens is 1. The molecule has 0 aliphatic heterocycles. The average molecular weight is 276 g/mol. The molecular weight excluding hydrogens is 252 g/mol. The van der Waals surface area contributed by atoms with E-state index < -0.39 is 0 Å². The number of hydrogen-bond donors (Lipinski definition) is 1. The number of aromatic amines is 1. The van der Waals surface area contributed by atoms with Gasteiger partial charge in [-0.05, 0) is 62.5 Å². The predicted octanol–water partition coefficient (Wildman–Crippen LogP) is 5.18. The van der Waals surface area contributed by atoms with Crippen molar-refractivity contribution in [2.24, 2.45) is 5.41 Å². The summed E-state index contributed by atoms with van der Waals surface area (Å²) in [4.78, 5) is 3.32. The fourth-order valence-corrected chi connectivity index (χ4v) is 3.65. The standard InChI is InChI=1S/C16H24N2S/c1-11-7-8-12-13(9-11)18(14(19)17-12)16(5,6)10-15(2,3)4/h7-9H,10H2,1-6H3,(H,17,19). The Bertz CT molecular complexity index is 653. The van der Waals surface area contributed by atoms with Gasteiger partial charge in [-0.2, -0.15) is 0 Å². The number of nitrogens with one attached hydrogen (secondary N) is 1. The molecule has 1 N–H and O–H groups in total. The van der Waals surface area contributed by atoms with Crippen LogP contribution in [-0.4, -0.2) is 9.55 Å². The molecular formula is C16H24N2S. The Morgan fingerprint density at radius 2 is 1.79 bits per heavy atom. The third-order valence-electron chi connectivity index (χ3n) is 3.41. The normalized spacial score (nSPS) is 13.2. The van der Waals surface area contributed by atoms with Crippen molar-refractivity contribution in [3.8, 4) is 0 Å². The molecule has 3 heteroatoms. The quantitative estimate of drug-likeness (QED) is 0.750. The molecule has 2 nitrogen and oxygen atoms in total. The molecule has 19 heavy (non-hydrogen) atoms. The van der Waals surface area contributed by atoms with Crippen LogP contribution >= 0.6 is 12.2 Å². The van der Waals surface area contributed by atoms with Crippen molar-refractivity contribution >= 4 is 23.3 Å². The third kappa shape index (κ3) is 2.92. The van der Waals surface area contributed by atoms with E-state index in [1.807, 2.05) is 0 Å². The fraction of sp³-hybridized carbons (Fsp3) is 0.562. The maximum absolute atomic E-state index is 5.54. The fourth-order valence-electron chi connectivity index (χ4n) is 3.19. The Kier molecular flexibility index (Phi) is 3.38. The topological polar surface area (TPSA) is 20.7 Å². The van der Waals surface area contributed by atoms with Crippen LogP contribution in [0.15, 0.2) is 18.2 Å². The number of aryl methyl sites for hydroxylation is 1. The van der Waals surface area contributed by atoms with Gasteiger partial charge < -0.3 is 9.55 Å². The number of benzene rings is 1. The van der Waals surface area contributed by atoms with Crippen molar-refractivity contribution in [3.63, 3.8) is 0 Å². The van der Waals surface area contributed by atoms with Crippen LogP contribution in [-0.2, 0) is 5.54 Å². The van der Waals surface area contributed by atoms with E-state index >= 15 is 0 Å². The zero-order valence-corrected chi connectivity index (χ0v) is 13.6. The minimum absolute atomic E-state index is 0.00137. The summed E-state index contributed by atoms with van der Waals surface area (Å²) < 4.78 is 3.09. The monoisotopic (exact) mass is 276 g/mol. The Morgan fingerprint density at radius 1 is 1.16 bits per heavy atom. The molecule has 0 aliphatic carbocycles. The SMILES string of the molecule is Cc1ccc2[nH]c(=S)n(C(C)(C)CC(C)(C)C)c2c1. The molecule has 1 aromatic carbocycles. The summed E-state index contributed by atoms with van der Waals surface area (Å²) in [5, 5.41) is 0. The minimum atomic E-state index is 0.00137. The molecule has 0 saturated carbocycles. The summed E-state index contributed by atoms with van der Waals surface area (Å²) in [5.74, 6) is 0. The Hall–Kier alpha value is -1.09. The van der Waals surface area contributed by atoms with Gasteiger partial charge >= 0.3 is 0 Å². The maximum Gasteiger partial charge on any atom is 0.178 e. The van der Waals surface area contributed by atoms with Crippen LogP contribution in [0.4, 0.5) is 0 Å². The van der Waals surface area contributed by atoms with Gasteiger partial charge in [0.05, 0.1) is 11.0 Å². The number of nitrogens with zero attached hydrogens (tertiary/aromatic N) is 1. The highest BCUT2D eigenvalue weighted by Gasteiger charge is 2.29. The van der Waals surface area contributed by atoms with Crippen molar-refractivity contribution in [3.05, 3.63) is 28.5 Å². The van der Waals surface area contributed by atoms with Gasteiger partial charge in [-0.3, -0.25) is 0 Å². The highest BCUT2D eigenvalue weighted by molar-refractivity contribution is 7.71. The Morgan fingerprint density at radius 3 is 2.37 bits per heavy atom. The third-order valence-corrected chi connectivity index (χ3v) is 3.69. The number of aromatic nitrogens is 2. The van der Waals surface area contributed by atoms with Crippen LogP contribution in [0.1, 0.15) is 46.6 Å². The highest BCUT2D eigenvalue weighted by atomic mass is 32.1. The highest BCUT2D eigenvalue weighted by Crippen LogP contribution is 2.34. The molecule has 0 amide bonds. The Balaban J connectivity index is 2.64. The van der Waals surface area contributed by atoms with Crippen molar-refractivity contribution < 1.29 is 0 Å². The second-order valence-electron chi connectivity index (χ2n) is 7.34. The lowest BCUT2D eigenvalue weighted by Gasteiger charge is -2.34. The van der Waals surface area contributed by atoms with Gasteiger partial charge in [0.2, 0.25) is 0 Å². The molecule has 104 valence electrons. The summed E-state index contributed by atoms with van der Waals surface area (Å²) in [6.07, 6.45) is 1.08. The molecule has 0 fully saturated rings. The second kappa shape index (κ2) is 4.48. The van der Waals surface area contributed by atoms with Gasteiger partial charge in [0.25, 0.3) is 0 Å². The van der Waals surface area contributed by atoms with Crippen LogP contribution in [0.3, 0.4) is 0 Å². The summed E-state index contributed by atoms with van der Waals surface area (Å²) in [5.41, 5.74) is 3.87. The first-order valence-corrected chi connectivity index (χ1v) is 7.23. The summed E-state index contributed by atoms with van der Waals surface area (Å²) in [7, 11) is 0. The average Bonchev–Trinajstić information content (AvgIpc) is 2.49. The summed E-state index contributed by atoms with van der Waals surface area (Å²) in [6.45, 7) is 13.5. The molecule has 0 radical (unpaired) electrons. The van der Waals surface area contributed by atoms with Gasteiger partial charge in [-0.1, -0.05) is 26.8 Å². The lowest BCUT2D eigenvalue weighted by molar-refractivity contribution is 0.217. The molecule has 1 heterocycles. The van der Waals surface area contributed by atoms with E-state index in [4.69, 9.17) is 12.2 Å². The van der Waals surface area contributed by atoms with Gasteiger partial charge in [0.1, 0.15) is 0 Å². The van der Waals surface area contributed by atoms with E-state index in [1.54, 1.807) is 0 Å². The van der Waals surface area contributed by atoms with Crippen molar-refractivity contribution in [1.29, 1.82) is 0 Å². The predicted molar refractivity (Wildman–Crippen MR) is 85.3 cm³/mol. The molecule has 0 saturated heterocycles. The smallest absolute Gasteiger partial charge is 0.178 e. The van der Waals surface area contributed by atoms with Crippen LogP contribution in [0.2, 0.25) is 0 Å². The number of hydrogen-bond acceptors (Lipinski definition) is 1. The van der Waals surface area contributed by atoms with Crippen LogP contribution < -0.4 is 0 Å². The molecule has 0 unspecified atom stereocenters. The lowest BCUT2D eigenvalue weighted by atomic mass is 9.81. The number of fused-ring (bicyclic) bond motifs is 1. The van der Waals surface area contributed by atoms with Crippen molar-refractivity contribution in [2.45, 2.75) is 53.5 Å². The Labute approximate surface area is 120 Å². The molecule has 0 spiro atoms. The maximum atomic E-state index is 5.54. The van der Waals surface area contributed by atoms with Gasteiger partial charge in [0, 0.05) is 5.54 Å². The van der Waals surface area contributed by atoms with E-state index in [2.05, 4.69) is 69.3 Å². The zero-order chi connectivity index (χ0) is 14.4.